The molecule has 1 aromatic carbocycles. The van der Waals surface area contributed by atoms with Crippen LogP contribution in [0.1, 0.15) is 26.3 Å². The molecule has 0 radical (unpaired) electrons. The van der Waals surface area contributed by atoms with Gasteiger partial charge in [-0.25, -0.2) is 4.58 Å². The Morgan fingerprint density at radius 1 is 1.07 bits per heavy atom. The molecule has 3 rings (SSSR count). The molecular weight excluding hydrogens is 364 g/mol. The van der Waals surface area contributed by atoms with Crippen molar-refractivity contribution in [1.82, 2.24) is 0 Å². The van der Waals surface area contributed by atoms with Gasteiger partial charge < -0.3 is 15.1 Å². The molecule has 5 nitrogen and oxygen atoms in total. The highest BCUT2D eigenvalue weighted by molar-refractivity contribution is 6.29. The zero-order valence-corrected chi connectivity index (χ0v) is 17.5. The summed E-state index contributed by atoms with van der Waals surface area (Å²) in [5.41, 5.74) is 3.13. The highest BCUT2D eigenvalue weighted by atomic mass is 16.3. The van der Waals surface area contributed by atoms with E-state index in [0.29, 0.717) is 17.7 Å². The lowest BCUT2D eigenvalue weighted by Gasteiger charge is -2.40. The number of hydrogen-bond donors (Lipinski definition) is 1. The Labute approximate surface area is 173 Å². The zero-order chi connectivity index (χ0) is 21.0. The second kappa shape index (κ2) is 9.23. The summed E-state index contributed by atoms with van der Waals surface area (Å²) in [6.07, 6.45) is 7.74. The first-order valence-corrected chi connectivity index (χ1v) is 10.5. The maximum absolute atomic E-state index is 12.8. The minimum Gasteiger partial charge on any atom is -0.874 e. The van der Waals surface area contributed by atoms with Gasteiger partial charge in [0, 0.05) is 48.3 Å². The average Bonchev–Trinajstić information content (AvgIpc) is 2.75. The standard InChI is InChI=1S/C24H30N2O3/c1-4-25(5-2)19-11-7-17(8-12-19)21-23(28)22(24(21)29)18-9-13-20(14-10-18)26(6-3)15-16-27/h7-14,18,22,27H,4-6,15-16H2,1-3H3. The van der Waals surface area contributed by atoms with Crippen molar-refractivity contribution >= 4 is 22.8 Å². The Morgan fingerprint density at radius 3 is 2.17 bits per heavy atom. The summed E-state index contributed by atoms with van der Waals surface area (Å²) in [5.74, 6) is -0.966. The molecule has 0 aromatic heterocycles. The van der Waals surface area contributed by atoms with E-state index in [1.165, 1.54) is 0 Å². The molecule has 0 amide bonds. The summed E-state index contributed by atoms with van der Waals surface area (Å²) in [7, 11) is 0. The molecular formula is C24H30N2O3. The van der Waals surface area contributed by atoms with Crippen LogP contribution >= 0.6 is 0 Å². The van der Waals surface area contributed by atoms with Crippen molar-refractivity contribution in [2.24, 2.45) is 11.8 Å². The van der Waals surface area contributed by atoms with E-state index in [-0.39, 0.29) is 24.1 Å². The van der Waals surface area contributed by atoms with Gasteiger partial charge in [-0.05, 0) is 38.5 Å². The topological polar surface area (TPSA) is 66.6 Å². The van der Waals surface area contributed by atoms with Crippen molar-refractivity contribution in [3.8, 4) is 0 Å². The third kappa shape index (κ3) is 4.06. The van der Waals surface area contributed by atoms with Crippen molar-refractivity contribution in [1.29, 1.82) is 0 Å². The Hall–Kier alpha value is -2.66. The number of benzene rings is 1. The molecule has 2 aliphatic rings. The minimum atomic E-state index is -0.616. The predicted molar refractivity (Wildman–Crippen MR) is 115 cm³/mol. The van der Waals surface area contributed by atoms with Gasteiger partial charge in [-0.2, -0.15) is 0 Å². The van der Waals surface area contributed by atoms with E-state index >= 15 is 0 Å². The van der Waals surface area contributed by atoms with E-state index in [1.54, 1.807) is 0 Å². The van der Waals surface area contributed by atoms with Crippen LogP contribution in [0, 0.1) is 11.8 Å². The maximum Gasteiger partial charge on any atom is 0.199 e. The number of allylic oxidation sites excluding steroid dienone is 6. The van der Waals surface area contributed by atoms with Gasteiger partial charge >= 0.3 is 0 Å². The predicted octanol–water partition coefficient (Wildman–Crippen LogP) is 2.01. The summed E-state index contributed by atoms with van der Waals surface area (Å²) in [4.78, 5) is 15.0. The number of aliphatic hydroxyl groups excluding tert-OH is 1. The zero-order valence-electron chi connectivity index (χ0n) is 17.5. The van der Waals surface area contributed by atoms with Gasteiger partial charge in [-0.1, -0.05) is 24.3 Å². The second-order valence-corrected chi connectivity index (χ2v) is 7.32. The fraction of sp³-hybridized carbons (Fsp3) is 0.417. The number of likely N-dealkylation sites (N-methyl/N-ethyl adjacent to an activating group) is 1. The Kier molecular flexibility index (Phi) is 6.70. The van der Waals surface area contributed by atoms with Gasteiger partial charge in [0.1, 0.15) is 13.2 Å². The molecule has 0 fully saturated rings. The molecule has 0 aliphatic heterocycles. The molecule has 1 unspecified atom stereocenters. The van der Waals surface area contributed by atoms with Crippen LogP contribution in [0.15, 0.2) is 54.3 Å². The number of anilines is 1. The molecule has 29 heavy (non-hydrogen) atoms. The van der Waals surface area contributed by atoms with Crippen LogP contribution in [-0.4, -0.2) is 54.0 Å². The molecule has 1 N–H and O–H groups in total. The monoisotopic (exact) mass is 394 g/mol. The Morgan fingerprint density at radius 2 is 1.69 bits per heavy atom. The lowest BCUT2D eigenvalue weighted by Crippen LogP contribution is -2.41. The molecule has 1 atom stereocenters. The van der Waals surface area contributed by atoms with Crippen molar-refractivity contribution < 1.29 is 19.6 Å². The fourth-order valence-electron chi connectivity index (χ4n) is 4.10. The number of Topliss-reactive ketones (excluding diaryl/α,β-unsaturated/α-hetero) is 1. The smallest absolute Gasteiger partial charge is 0.199 e. The van der Waals surface area contributed by atoms with Crippen LogP contribution in [0.2, 0.25) is 0 Å². The Balaban J connectivity index is 1.77. The van der Waals surface area contributed by atoms with E-state index < -0.39 is 5.92 Å². The summed E-state index contributed by atoms with van der Waals surface area (Å²) < 4.78 is 2.06. The Bertz CT molecular complexity index is 858. The van der Waals surface area contributed by atoms with Crippen LogP contribution in [0.3, 0.4) is 0 Å². The lowest BCUT2D eigenvalue weighted by atomic mass is 9.71. The number of carbonyl (C=O) groups excluding carboxylic acids is 1. The number of ketones is 1. The minimum absolute atomic E-state index is 0.0731. The van der Waals surface area contributed by atoms with Gasteiger partial charge in [-0.15, -0.1) is 5.76 Å². The largest absolute Gasteiger partial charge is 0.874 e. The molecule has 5 heteroatoms. The van der Waals surface area contributed by atoms with E-state index in [9.17, 15) is 15.0 Å². The van der Waals surface area contributed by atoms with Crippen LogP contribution in [-0.2, 0) is 4.79 Å². The number of carbonyl (C=O) groups is 1. The molecule has 0 saturated heterocycles. The molecule has 1 aromatic rings. The average molecular weight is 395 g/mol. The quantitative estimate of drug-likeness (QED) is 0.685. The SMILES string of the molecule is CCN(CC)c1ccc(C2=C([O-])C(C3C=CC(=[N+](CC)CCO)C=C3)C2=O)cc1. The first kappa shape index (κ1) is 21.1. The molecule has 2 aliphatic carbocycles. The molecule has 0 heterocycles. The number of nitrogens with zero attached hydrogens (tertiary/aromatic N) is 2. The number of hydrogen-bond acceptors (Lipinski definition) is 4. The van der Waals surface area contributed by atoms with Gasteiger partial charge in [0.2, 0.25) is 0 Å². The molecule has 154 valence electrons. The van der Waals surface area contributed by atoms with Gasteiger partial charge in [-0.3, -0.25) is 4.79 Å². The summed E-state index contributed by atoms with van der Waals surface area (Å²) in [6.45, 7) is 9.51. The number of aliphatic hydroxyl groups is 1. The van der Waals surface area contributed by atoms with E-state index in [0.717, 1.165) is 31.0 Å². The van der Waals surface area contributed by atoms with Crippen LogP contribution in [0.4, 0.5) is 5.69 Å². The number of rotatable bonds is 8. The second-order valence-electron chi connectivity index (χ2n) is 7.32. The van der Waals surface area contributed by atoms with Crippen LogP contribution in [0.25, 0.3) is 5.57 Å². The van der Waals surface area contributed by atoms with E-state index in [4.69, 9.17) is 0 Å². The van der Waals surface area contributed by atoms with Crippen molar-refractivity contribution in [2.45, 2.75) is 20.8 Å². The van der Waals surface area contributed by atoms with Crippen molar-refractivity contribution in [2.75, 3.05) is 37.7 Å². The van der Waals surface area contributed by atoms with Gasteiger partial charge in [0.25, 0.3) is 0 Å². The summed E-state index contributed by atoms with van der Waals surface area (Å²) >= 11 is 0. The van der Waals surface area contributed by atoms with Crippen molar-refractivity contribution in [3.05, 3.63) is 59.9 Å². The first-order chi connectivity index (χ1) is 14.0. The van der Waals surface area contributed by atoms with E-state index in [2.05, 4.69) is 23.3 Å². The summed E-state index contributed by atoms with van der Waals surface area (Å²) in [6, 6.07) is 7.71. The lowest BCUT2D eigenvalue weighted by molar-refractivity contribution is -0.525. The molecule has 0 saturated carbocycles. The highest BCUT2D eigenvalue weighted by Crippen LogP contribution is 2.41. The summed E-state index contributed by atoms with van der Waals surface area (Å²) in [5, 5.41) is 22.0. The fourth-order valence-corrected chi connectivity index (χ4v) is 4.10. The molecule has 0 spiro atoms. The third-order valence-corrected chi connectivity index (χ3v) is 5.82. The highest BCUT2D eigenvalue weighted by Gasteiger charge is 2.38. The van der Waals surface area contributed by atoms with Crippen LogP contribution in [0.5, 0.6) is 0 Å². The van der Waals surface area contributed by atoms with E-state index in [1.807, 2.05) is 55.5 Å². The van der Waals surface area contributed by atoms with Gasteiger partial charge in [0.05, 0.1) is 0 Å². The maximum atomic E-state index is 12.8. The normalized spacial score (nSPS) is 20.8. The third-order valence-electron chi connectivity index (χ3n) is 5.82. The van der Waals surface area contributed by atoms with Crippen LogP contribution < -0.4 is 10.0 Å². The molecule has 0 bridgehead atoms. The van der Waals surface area contributed by atoms with Crippen molar-refractivity contribution in [3.63, 3.8) is 0 Å². The first-order valence-electron chi connectivity index (χ1n) is 10.5. The van der Waals surface area contributed by atoms with Gasteiger partial charge in [0.15, 0.2) is 18.0 Å².